The van der Waals surface area contributed by atoms with Crippen LogP contribution in [0.1, 0.15) is 0 Å². The van der Waals surface area contributed by atoms with Crippen LogP contribution in [0.4, 0.5) is 5.69 Å². The molecule has 4 aromatic rings. The van der Waals surface area contributed by atoms with Crippen LogP contribution < -0.4 is 25.1 Å². The van der Waals surface area contributed by atoms with Crippen molar-refractivity contribution in [2.45, 2.75) is 6.54 Å². The first-order valence-corrected chi connectivity index (χ1v) is 10.3. The molecule has 1 amide bonds. The quantitative estimate of drug-likeness (QED) is 0.446. The minimum absolute atomic E-state index is 0.171. The third-order valence-electron chi connectivity index (χ3n) is 5.03. The van der Waals surface area contributed by atoms with E-state index >= 15 is 0 Å². The van der Waals surface area contributed by atoms with Crippen molar-refractivity contribution in [3.05, 3.63) is 70.2 Å². The highest BCUT2D eigenvalue weighted by atomic mass is 35.5. The molecule has 0 unspecified atom stereocenters. The lowest BCUT2D eigenvalue weighted by molar-refractivity contribution is -0.116. The van der Waals surface area contributed by atoms with Crippen molar-refractivity contribution >= 4 is 28.7 Å². The van der Waals surface area contributed by atoms with Crippen molar-refractivity contribution in [1.29, 1.82) is 0 Å². The molecule has 0 bridgehead atoms. The molecule has 4 rings (SSSR count). The second-order valence-corrected chi connectivity index (χ2v) is 7.47. The van der Waals surface area contributed by atoms with Gasteiger partial charge in [-0.2, -0.15) is 5.10 Å². The fourth-order valence-electron chi connectivity index (χ4n) is 3.39. The zero-order valence-corrected chi connectivity index (χ0v) is 18.9. The molecule has 2 heterocycles. The Morgan fingerprint density at radius 1 is 0.970 bits per heavy atom. The zero-order valence-electron chi connectivity index (χ0n) is 18.2. The van der Waals surface area contributed by atoms with E-state index in [2.05, 4.69) is 10.4 Å². The van der Waals surface area contributed by atoms with Crippen molar-refractivity contribution in [1.82, 2.24) is 14.2 Å². The van der Waals surface area contributed by atoms with Crippen LogP contribution in [-0.4, -0.2) is 41.4 Å². The van der Waals surface area contributed by atoms with Gasteiger partial charge in [0.2, 0.25) is 5.91 Å². The Bertz CT molecular complexity index is 1400. The average molecular weight is 469 g/mol. The third-order valence-corrected chi connectivity index (χ3v) is 5.33. The van der Waals surface area contributed by atoms with Gasteiger partial charge in [-0.3, -0.25) is 9.59 Å². The number of carbonyl (C=O) groups is 1. The number of nitrogens with zero attached hydrogens (tertiary/aromatic N) is 3. The number of hydrogen-bond acceptors (Lipinski definition) is 6. The first-order valence-electron chi connectivity index (χ1n) is 9.88. The number of anilines is 1. The summed E-state index contributed by atoms with van der Waals surface area (Å²) in [6, 6.07) is 11.9. The largest absolute Gasteiger partial charge is 0.495 e. The summed E-state index contributed by atoms with van der Waals surface area (Å²) in [5.41, 5.74) is 1.83. The van der Waals surface area contributed by atoms with E-state index < -0.39 is 0 Å². The molecule has 170 valence electrons. The Balaban J connectivity index is 1.58. The molecule has 0 aliphatic heterocycles. The summed E-state index contributed by atoms with van der Waals surface area (Å²) in [5, 5.41) is 7.57. The molecular weight excluding hydrogens is 448 g/mol. The molecule has 10 heteroatoms. The summed E-state index contributed by atoms with van der Waals surface area (Å²) in [5.74, 6) is 1.28. The van der Waals surface area contributed by atoms with Gasteiger partial charge in [0.05, 0.1) is 32.0 Å². The van der Waals surface area contributed by atoms with Crippen LogP contribution in [0.5, 0.6) is 17.2 Å². The maximum Gasteiger partial charge on any atom is 0.277 e. The van der Waals surface area contributed by atoms with Gasteiger partial charge in [0.25, 0.3) is 5.56 Å². The number of halogens is 1. The Morgan fingerprint density at radius 3 is 2.39 bits per heavy atom. The van der Waals surface area contributed by atoms with Crippen molar-refractivity contribution in [2.24, 2.45) is 0 Å². The molecule has 2 aromatic heterocycles. The summed E-state index contributed by atoms with van der Waals surface area (Å²) >= 11 is 6.10. The summed E-state index contributed by atoms with van der Waals surface area (Å²) in [6.45, 7) is -0.171. The SMILES string of the molecule is COc1ccc(NC(=O)Cn2ccn3nc(-c4ccc(OC)c(OC)c4)cc3c2=O)cc1Cl. The van der Waals surface area contributed by atoms with Crippen LogP contribution in [0.3, 0.4) is 0 Å². The molecule has 0 saturated heterocycles. The van der Waals surface area contributed by atoms with Gasteiger partial charge in [-0.15, -0.1) is 0 Å². The lowest BCUT2D eigenvalue weighted by Crippen LogP contribution is -2.28. The number of methoxy groups -OCH3 is 3. The number of carbonyl (C=O) groups excluding carboxylic acids is 1. The molecular formula is C23H21ClN4O5. The van der Waals surface area contributed by atoms with E-state index in [1.807, 2.05) is 6.07 Å². The van der Waals surface area contributed by atoms with Crippen molar-refractivity contribution < 1.29 is 19.0 Å². The van der Waals surface area contributed by atoms with E-state index in [0.29, 0.717) is 39.2 Å². The standard InChI is InChI=1S/C23H21ClN4O5/c1-31-19-7-5-15(11-16(19)24)25-22(29)13-27-8-9-28-18(23(27)30)12-17(26-28)14-4-6-20(32-2)21(10-14)33-3/h4-12H,13H2,1-3H3,(H,25,29). The number of rotatable bonds is 7. The van der Waals surface area contributed by atoms with Crippen LogP contribution in [0.2, 0.25) is 5.02 Å². The molecule has 0 aliphatic rings. The lowest BCUT2D eigenvalue weighted by atomic mass is 10.1. The van der Waals surface area contributed by atoms with E-state index in [1.54, 1.807) is 56.8 Å². The van der Waals surface area contributed by atoms with E-state index in [0.717, 1.165) is 5.56 Å². The highest BCUT2D eigenvalue weighted by molar-refractivity contribution is 6.32. The summed E-state index contributed by atoms with van der Waals surface area (Å²) in [6.07, 6.45) is 3.14. The Hall–Kier alpha value is -3.98. The second kappa shape index (κ2) is 9.25. The van der Waals surface area contributed by atoms with Gasteiger partial charge in [-0.1, -0.05) is 11.6 Å². The maximum absolute atomic E-state index is 13.0. The Kier molecular flexibility index (Phi) is 6.23. The Morgan fingerprint density at radius 2 is 1.70 bits per heavy atom. The highest BCUT2D eigenvalue weighted by Crippen LogP contribution is 2.32. The van der Waals surface area contributed by atoms with Gasteiger partial charge in [-0.05, 0) is 42.5 Å². The van der Waals surface area contributed by atoms with E-state index in [1.165, 1.54) is 22.4 Å². The topological polar surface area (TPSA) is 96.1 Å². The van der Waals surface area contributed by atoms with Crippen LogP contribution in [0.15, 0.2) is 59.7 Å². The normalized spacial score (nSPS) is 10.8. The molecule has 0 fully saturated rings. The van der Waals surface area contributed by atoms with Gasteiger partial charge in [0, 0.05) is 23.6 Å². The summed E-state index contributed by atoms with van der Waals surface area (Å²) < 4.78 is 18.5. The first-order chi connectivity index (χ1) is 15.9. The Labute approximate surface area is 194 Å². The van der Waals surface area contributed by atoms with Gasteiger partial charge < -0.3 is 24.1 Å². The highest BCUT2D eigenvalue weighted by Gasteiger charge is 2.14. The van der Waals surface area contributed by atoms with Gasteiger partial charge in [0.15, 0.2) is 11.5 Å². The minimum Gasteiger partial charge on any atom is -0.495 e. The predicted octanol–water partition coefficient (Wildman–Crippen LogP) is 3.48. The molecule has 9 nitrogen and oxygen atoms in total. The molecule has 2 aromatic carbocycles. The lowest BCUT2D eigenvalue weighted by Gasteiger charge is -2.09. The number of fused-ring (bicyclic) bond motifs is 1. The van der Waals surface area contributed by atoms with E-state index in [-0.39, 0.29) is 18.0 Å². The van der Waals surface area contributed by atoms with Crippen LogP contribution in [0.25, 0.3) is 16.8 Å². The third kappa shape index (κ3) is 4.49. The second-order valence-electron chi connectivity index (χ2n) is 7.06. The molecule has 33 heavy (non-hydrogen) atoms. The number of aromatic nitrogens is 3. The van der Waals surface area contributed by atoms with Crippen LogP contribution >= 0.6 is 11.6 Å². The molecule has 0 atom stereocenters. The summed E-state index contributed by atoms with van der Waals surface area (Å²) in [4.78, 5) is 25.5. The molecule has 0 saturated carbocycles. The number of hydrogen-bond donors (Lipinski definition) is 1. The van der Waals surface area contributed by atoms with Crippen LogP contribution in [0, 0.1) is 0 Å². The zero-order chi connectivity index (χ0) is 23.5. The minimum atomic E-state index is -0.373. The fourth-order valence-corrected chi connectivity index (χ4v) is 3.64. The monoisotopic (exact) mass is 468 g/mol. The van der Waals surface area contributed by atoms with E-state index in [4.69, 9.17) is 25.8 Å². The molecule has 1 N–H and O–H groups in total. The summed E-state index contributed by atoms with van der Waals surface area (Å²) in [7, 11) is 4.62. The number of benzene rings is 2. The molecule has 0 aliphatic carbocycles. The first kappa shape index (κ1) is 22.2. The number of ether oxygens (including phenoxy) is 3. The van der Waals surface area contributed by atoms with Crippen LogP contribution in [-0.2, 0) is 11.3 Å². The predicted molar refractivity (Wildman–Crippen MR) is 125 cm³/mol. The van der Waals surface area contributed by atoms with Crippen molar-refractivity contribution in [3.8, 4) is 28.5 Å². The molecule has 0 spiro atoms. The maximum atomic E-state index is 13.0. The average Bonchev–Trinajstić information content (AvgIpc) is 3.26. The molecule has 0 radical (unpaired) electrons. The van der Waals surface area contributed by atoms with Gasteiger partial charge in [-0.25, -0.2) is 4.52 Å². The smallest absolute Gasteiger partial charge is 0.277 e. The van der Waals surface area contributed by atoms with Gasteiger partial charge >= 0.3 is 0 Å². The van der Waals surface area contributed by atoms with Crippen molar-refractivity contribution in [2.75, 3.05) is 26.6 Å². The van der Waals surface area contributed by atoms with Crippen molar-refractivity contribution in [3.63, 3.8) is 0 Å². The number of nitrogens with one attached hydrogen (secondary N) is 1. The number of amides is 1. The fraction of sp³-hybridized carbons (Fsp3) is 0.174. The van der Waals surface area contributed by atoms with E-state index in [9.17, 15) is 9.59 Å². The van der Waals surface area contributed by atoms with Gasteiger partial charge in [0.1, 0.15) is 17.8 Å².